The van der Waals surface area contributed by atoms with Crippen LogP contribution in [-0.4, -0.2) is 42.8 Å². The molecule has 9 heteroatoms. The standard InChI is InChI=1S/C18H18Br2N4O3/c1-24(10-16(25)21-15-9-5-4-8-14(15)20)11-17(26)22-23-18(27)12-6-2-3-7-13(12)19/h2-9H,10-11H2,1H3,(H,21,25)(H,22,26)(H,23,27). The van der Waals surface area contributed by atoms with Gasteiger partial charge in [-0.2, -0.15) is 0 Å². The minimum Gasteiger partial charge on any atom is -0.324 e. The van der Waals surface area contributed by atoms with Gasteiger partial charge >= 0.3 is 0 Å². The summed E-state index contributed by atoms with van der Waals surface area (Å²) in [6.45, 7) is -0.0352. The van der Waals surface area contributed by atoms with E-state index in [0.717, 1.165) is 4.47 Å². The van der Waals surface area contributed by atoms with Crippen molar-refractivity contribution in [3.8, 4) is 0 Å². The third-order valence-electron chi connectivity index (χ3n) is 3.41. The molecule has 0 radical (unpaired) electrons. The molecule has 7 nitrogen and oxygen atoms in total. The zero-order valence-electron chi connectivity index (χ0n) is 14.5. The first-order valence-electron chi connectivity index (χ1n) is 7.93. The summed E-state index contributed by atoms with van der Waals surface area (Å²) in [5.74, 6) is -1.13. The van der Waals surface area contributed by atoms with E-state index in [4.69, 9.17) is 0 Å². The summed E-state index contributed by atoms with van der Waals surface area (Å²) in [6.07, 6.45) is 0. The van der Waals surface area contributed by atoms with Gasteiger partial charge in [-0.05, 0) is 63.2 Å². The zero-order valence-corrected chi connectivity index (χ0v) is 17.6. The van der Waals surface area contributed by atoms with E-state index in [1.54, 1.807) is 37.4 Å². The Balaban J connectivity index is 1.76. The topological polar surface area (TPSA) is 90.5 Å². The highest BCUT2D eigenvalue weighted by Gasteiger charge is 2.14. The third-order valence-corrected chi connectivity index (χ3v) is 4.79. The highest BCUT2D eigenvalue weighted by atomic mass is 79.9. The van der Waals surface area contributed by atoms with Gasteiger partial charge in [0.05, 0.1) is 24.3 Å². The number of likely N-dealkylation sites (N-methyl/N-ethyl adjacent to an activating group) is 1. The smallest absolute Gasteiger partial charge is 0.270 e. The number of hydrogen-bond acceptors (Lipinski definition) is 4. The predicted molar refractivity (Wildman–Crippen MR) is 110 cm³/mol. The lowest BCUT2D eigenvalue weighted by Gasteiger charge is -2.16. The van der Waals surface area contributed by atoms with Gasteiger partial charge < -0.3 is 5.32 Å². The first-order valence-corrected chi connectivity index (χ1v) is 9.52. The van der Waals surface area contributed by atoms with E-state index in [-0.39, 0.29) is 19.0 Å². The summed E-state index contributed by atoms with van der Waals surface area (Å²) in [7, 11) is 1.63. The minimum absolute atomic E-state index is 0.0208. The number of nitrogens with one attached hydrogen (secondary N) is 3. The normalized spacial score (nSPS) is 10.4. The maximum atomic E-state index is 12.1. The van der Waals surface area contributed by atoms with E-state index in [2.05, 4.69) is 48.0 Å². The third kappa shape index (κ3) is 6.78. The average Bonchev–Trinajstić information content (AvgIpc) is 2.62. The number of carbonyl (C=O) groups is 3. The second-order valence-corrected chi connectivity index (χ2v) is 7.39. The Bertz CT molecular complexity index is 845. The maximum absolute atomic E-state index is 12.1. The van der Waals surface area contributed by atoms with Gasteiger partial charge in [-0.15, -0.1) is 0 Å². The molecule has 0 unspecified atom stereocenters. The molecule has 0 fully saturated rings. The molecule has 0 saturated heterocycles. The fourth-order valence-corrected chi connectivity index (χ4v) is 3.03. The van der Waals surface area contributed by atoms with Gasteiger partial charge in [-0.1, -0.05) is 24.3 Å². The van der Waals surface area contributed by atoms with Crippen molar-refractivity contribution in [2.24, 2.45) is 0 Å². The van der Waals surface area contributed by atoms with Gasteiger partial charge in [0.1, 0.15) is 0 Å². The molecule has 0 aromatic heterocycles. The van der Waals surface area contributed by atoms with Crippen molar-refractivity contribution >= 4 is 55.3 Å². The fourth-order valence-electron chi connectivity index (χ4n) is 2.18. The van der Waals surface area contributed by atoms with E-state index in [9.17, 15) is 14.4 Å². The van der Waals surface area contributed by atoms with Crippen LogP contribution in [0, 0.1) is 0 Å². The van der Waals surface area contributed by atoms with Crippen LogP contribution in [0.4, 0.5) is 5.69 Å². The van der Waals surface area contributed by atoms with Crippen molar-refractivity contribution in [3.05, 3.63) is 63.0 Å². The Morgan fingerprint density at radius 3 is 2.11 bits per heavy atom. The van der Waals surface area contributed by atoms with Crippen molar-refractivity contribution in [3.63, 3.8) is 0 Å². The SMILES string of the molecule is CN(CC(=O)NNC(=O)c1ccccc1Br)CC(=O)Nc1ccccc1Br. The second-order valence-electron chi connectivity index (χ2n) is 5.68. The summed E-state index contributed by atoms with van der Waals surface area (Å²) in [4.78, 5) is 37.6. The summed E-state index contributed by atoms with van der Waals surface area (Å²) in [5.41, 5.74) is 5.73. The predicted octanol–water partition coefficient (Wildman–Crippen LogP) is 2.54. The highest BCUT2D eigenvalue weighted by molar-refractivity contribution is 9.11. The lowest BCUT2D eigenvalue weighted by atomic mass is 10.2. The average molecular weight is 498 g/mol. The molecular formula is C18H18Br2N4O3. The molecule has 0 spiro atoms. The maximum Gasteiger partial charge on any atom is 0.270 e. The van der Waals surface area contributed by atoms with Crippen LogP contribution in [0.3, 0.4) is 0 Å². The molecule has 0 saturated carbocycles. The molecule has 0 heterocycles. The Hall–Kier alpha value is -2.23. The van der Waals surface area contributed by atoms with Crippen LogP contribution in [0.5, 0.6) is 0 Å². The highest BCUT2D eigenvalue weighted by Crippen LogP contribution is 2.20. The van der Waals surface area contributed by atoms with Crippen LogP contribution in [-0.2, 0) is 9.59 Å². The van der Waals surface area contributed by atoms with Crippen LogP contribution in [0.15, 0.2) is 57.5 Å². The van der Waals surface area contributed by atoms with E-state index in [0.29, 0.717) is 15.7 Å². The van der Waals surface area contributed by atoms with E-state index < -0.39 is 11.8 Å². The number of rotatable bonds is 6. The molecule has 0 atom stereocenters. The van der Waals surface area contributed by atoms with Crippen LogP contribution in [0.25, 0.3) is 0 Å². The van der Waals surface area contributed by atoms with Crippen molar-refractivity contribution in [1.82, 2.24) is 15.8 Å². The second kappa shape index (κ2) is 10.2. The van der Waals surface area contributed by atoms with Crippen molar-refractivity contribution in [2.75, 3.05) is 25.5 Å². The summed E-state index contributed by atoms with van der Waals surface area (Å²) in [5, 5.41) is 2.76. The monoisotopic (exact) mass is 496 g/mol. The first kappa shape index (κ1) is 21.1. The number of para-hydroxylation sites is 1. The lowest BCUT2D eigenvalue weighted by Crippen LogP contribution is -2.46. The first-order chi connectivity index (χ1) is 12.9. The Morgan fingerprint density at radius 1 is 0.852 bits per heavy atom. The van der Waals surface area contributed by atoms with Crippen molar-refractivity contribution < 1.29 is 14.4 Å². The molecule has 2 rings (SSSR count). The lowest BCUT2D eigenvalue weighted by molar-refractivity contribution is -0.123. The minimum atomic E-state index is -0.440. The number of amides is 3. The number of hydrazine groups is 1. The van der Waals surface area contributed by atoms with Gasteiger partial charge in [0.2, 0.25) is 5.91 Å². The van der Waals surface area contributed by atoms with Gasteiger partial charge in [0.15, 0.2) is 0 Å². The molecule has 142 valence electrons. The van der Waals surface area contributed by atoms with Gasteiger partial charge in [0.25, 0.3) is 11.8 Å². The molecule has 3 N–H and O–H groups in total. The van der Waals surface area contributed by atoms with Crippen LogP contribution >= 0.6 is 31.9 Å². The van der Waals surface area contributed by atoms with E-state index in [1.807, 2.05) is 18.2 Å². The van der Waals surface area contributed by atoms with Crippen LogP contribution in [0.2, 0.25) is 0 Å². The van der Waals surface area contributed by atoms with Crippen molar-refractivity contribution in [1.29, 1.82) is 0 Å². The number of anilines is 1. The molecule has 0 aliphatic rings. The van der Waals surface area contributed by atoms with E-state index >= 15 is 0 Å². The summed E-state index contributed by atoms with van der Waals surface area (Å²) >= 11 is 6.63. The van der Waals surface area contributed by atoms with Crippen LogP contribution in [0.1, 0.15) is 10.4 Å². The molecule has 0 bridgehead atoms. The number of benzene rings is 2. The number of carbonyl (C=O) groups excluding carboxylic acids is 3. The Labute approximate surface area is 173 Å². The largest absolute Gasteiger partial charge is 0.324 e. The fraction of sp³-hybridized carbons (Fsp3) is 0.167. The Kier molecular flexibility index (Phi) is 7.96. The zero-order chi connectivity index (χ0) is 19.8. The number of halogens is 2. The molecular weight excluding hydrogens is 480 g/mol. The number of hydrogen-bond donors (Lipinski definition) is 3. The van der Waals surface area contributed by atoms with Crippen molar-refractivity contribution in [2.45, 2.75) is 0 Å². The van der Waals surface area contributed by atoms with E-state index in [1.165, 1.54) is 4.90 Å². The Morgan fingerprint density at radius 2 is 1.44 bits per heavy atom. The molecule has 2 aromatic carbocycles. The molecule has 3 amide bonds. The molecule has 0 aliphatic heterocycles. The summed E-state index contributed by atoms with van der Waals surface area (Å²) in [6, 6.07) is 14.1. The van der Waals surface area contributed by atoms with Gasteiger partial charge in [0, 0.05) is 8.95 Å². The van der Waals surface area contributed by atoms with Gasteiger partial charge in [-0.25, -0.2) is 0 Å². The molecule has 2 aromatic rings. The van der Waals surface area contributed by atoms with Crippen LogP contribution < -0.4 is 16.2 Å². The van der Waals surface area contributed by atoms with Gasteiger partial charge in [-0.3, -0.25) is 30.1 Å². The quantitative estimate of drug-likeness (QED) is 0.535. The molecule has 0 aliphatic carbocycles. The number of nitrogens with zero attached hydrogens (tertiary/aromatic N) is 1. The summed E-state index contributed by atoms with van der Waals surface area (Å²) < 4.78 is 1.39. The molecule has 27 heavy (non-hydrogen) atoms.